The zero-order valence-corrected chi connectivity index (χ0v) is 11.9. The molecule has 0 saturated heterocycles. The lowest BCUT2D eigenvalue weighted by Gasteiger charge is -2.21. The third-order valence-corrected chi connectivity index (χ3v) is 3.74. The normalized spacial score (nSPS) is 18.6. The lowest BCUT2D eigenvalue weighted by molar-refractivity contribution is -0.144. The minimum atomic E-state index is -0.258. The molecule has 0 aromatic rings. The van der Waals surface area contributed by atoms with Crippen molar-refractivity contribution >= 4 is 11.8 Å². The van der Waals surface area contributed by atoms with E-state index in [-0.39, 0.29) is 18.2 Å². The molecule has 2 fully saturated rings. The molecule has 19 heavy (non-hydrogen) atoms. The number of esters is 1. The maximum absolute atomic E-state index is 11.9. The molecule has 4 heteroatoms. The second-order valence-electron chi connectivity index (χ2n) is 5.92. The Balaban J connectivity index is 1.65. The van der Waals surface area contributed by atoms with E-state index in [9.17, 15) is 9.59 Å². The van der Waals surface area contributed by atoms with Crippen LogP contribution in [-0.2, 0) is 14.3 Å². The maximum atomic E-state index is 11.9. The monoisotopic (exact) mass is 267 g/mol. The van der Waals surface area contributed by atoms with E-state index in [1.54, 1.807) is 6.92 Å². The van der Waals surface area contributed by atoms with Crippen molar-refractivity contribution in [1.29, 1.82) is 0 Å². The van der Waals surface area contributed by atoms with Crippen LogP contribution in [0, 0.1) is 11.8 Å². The summed E-state index contributed by atoms with van der Waals surface area (Å²) >= 11 is 0. The van der Waals surface area contributed by atoms with Crippen LogP contribution in [0.3, 0.4) is 0 Å². The van der Waals surface area contributed by atoms with Crippen LogP contribution in [0.4, 0.5) is 0 Å². The zero-order valence-electron chi connectivity index (χ0n) is 11.9. The lowest BCUT2D eigenvalue weighted by Crippen LogP contribution is -2.33. The number of carbonyl (C=O) groups is 2. The van der Waals surface area contributed by atoms with Crippen molar-refractivity contribution in [2.45, 2.75) is 45.4 Å². The first-order valence-corrected chi connectivity index (χ1v) is 7.57. The van der Waals surface area contributed by atoms with Crippen molar-refractivity contribution in [1.82, 2.24) is 4.90 Å². The summed E-state index contributed by atoms with van der Waals surface area (Å²) in [6.45, 7) is 4.84. The Morgan fingerprint density at radius 1 is 1.05 bits per heavy atom. The minimum Gasteiger partial charge on any atom is -0.466 e. The summed E-state index contributed by atoms with van der Waals surface area (Å²) in [6, 6.07) is 0. The minimum absolute atomic E-state index is 0.175. The molecule has 0 spiro atoms. The summed E-state index contributed by atoms with van der Waals surface area (Å²) in [6.07, 6.45) is 5.82. The van der Waals surface area contributed by atoms with Crippen molar-refractivity contribution in [3.05, 3.63) is 0 Å². The van der Waals surface area contributed by atoms with E-state index in [1.807, 2.05) is 0 Å². The van der Waals surface area contributed by atoms with E-state index in [1.165, 1.54) is 25.7 Å². The van der Waals surface area contributed by atoms with Crippen LogP contribution in [0.25, 0.3) is 0 Å². The summed E-state index contributed by atoms with van der Waals surface area (Å²) < 4.78 is 4.84. The Bertz CT molecular complexity index is 307. The van der Waals surface area contributed by atoms with Gasteiger partial charge in [0.15, 0.2) is 0 Å². The second kappa shape index (κ2) is 7.04. The number of Topliss-reactive ketones (excluding diaryl/α,β-unsaturated/α-hetero) is 1. The molecule has 2 rings (SSSR count). The molecule has 2 aliphatic carbocycles. The molecule has 0 bridgehead atoms. The van der Waals surface area contributed by atoms with E-state index in [4.69, 9.17) is 4.74 Å². The van der Waals surface area contributed by atoms with E-state index >= 15 is 0 Å². The molecular weight excluding hydrogens is 242 g/mol. The fourth-order valence-corrected chi connectivity index (χ4v) is 2.34. The highest BCUT2D eigenvalue weighted by Gasteiger charge is 2.29. The Morgan fingerprint density at radius 2 is 1.63 bits per heavy atom. The van der Waals surface area contributed by atoms with Gasteiger partial charge in [-0.1, -0.05) is 0 Å². The number of rotatable bonds is 10. The van der Waals surface area contributed by atoms with E-state index < -0.39 is 0 Å². The molecule has 108 valence electrons. The average Bonchev–Trinajstić information content (AvgIpc) is 3.23. The van der Waals surface area contributed by atoms with Crippen LogP contribution in [0.1, 0.15) is 45.4 Å². The largest absolute Gasteiger partial charge is 0.466 e. The predicted molar refractivity (Wildman–Crippen MR) is 72.8 cm³/mol. The maximum Gasteiger partial charge on any atom is 0.306 e. The van der Waals surface area contributed by atoms with E-state index in [2.05, 4.69) is 4.90 Å². The SMILES string of the molecule is CCOC(=O)CCC(=O)CN(CC1CC1)CC1CC1. The van der Waals surface area contributed by atoms with Gasteiger partial charge in [-0.2, -0.15) is 0 Å². The van der Waals surface area contributed by atoms with Crippen molar-refractivity contribution in [3.63, 3.8) is 0 Å². The predicted octanol–water partition coefficient (Wildman–Crippen LogP) is 2.02. The summed E-state index contributed by atoms with van der Waals surface area (Å²) in [4.78, 5) is 25.4. The number of hydrogen-bond donors (Lipinski definition) is 0. The van der Waals surface area contributed by atoms with Gasteiger partial charge in [-0.15, -0.1) is 0 Å². The van der Waals surface area contributed by atoms with Crippen LogP contribution in [0.2, 0.25) is 0 Å². The molecule has 0 aromatic carbocycles. The molecule has 0 heterocycles. The highest BCUT2D eigenvalue weighted by Crippen LogP contribution is 2.33. The fourth-order valence-electron chi connectivity index (χ4n) is 2.34. The van der Waals surface area contributed by atoms with Gasteiger partial charge in [-0.05, 0) is 44.4 Å². The third-order valence-electron chi connectivity index (χ3n) is 3.74. The van der Waals surface area contributed by atoms with Gasteiger partial charge in [0.2, 0.25) is 0 Å². The van der Waals surface area contributed by atoms with Gasteiger partial charge in [-0.3, -0.25) is 14.5 Å². The lowest BCUT2D eigenvalue weighted by atomic mass is 10.2. The Morgan fingerprint density at radius 3 is 2.11 bits per heavy atom. The van der Waals surface area contributed by atoms with Gasteiger partial charge in [0.05, 0.1) is 19.6 Å². The molecule has 0 atom stereocenters. The molecule has 2 saturated carbocycles. The number of carbonyl (C=O) groups excluding carboxylic acids is 2. The molecule has 0 radical (unpaired) electrons. The highest BCUT2D eigenvalue weighted by molar-refractivity contribution is 5.84. The van der Waals surface area contributed by atoms with Gasteiger partial charge in [0, 0.05) is 19.5 Å². The average molecular weight is 267 g/mol. The summed E-state index contributed by atoms with van der Waals surface area (Å²) in [5.74, 6) is 1.55. The Hall–Kier alpha value is -0.900. The quantitative estimate of drug-likeness (QED) is 0.568. The van der Waals surface area contributed by atoms with Gasteiger partial charge in [0.25, 0.3) is 0 Å². The number of ketones is 1. The number of hydrogen-bond acceptors (Lipinski definition) is 4. The van der Waals surface area contributed by atoms with Crippen LogP contribution in [-0.4, -0.2) is 42.9 Å². The smallest absolute Gasteiger partial charge is 0.306 e. The summed E-state index contributed by atoms with van der Waals surface area (Å²) in [5, 5.41) is 0. The molecule has 4 nitrogen and oxygen atoms in total. The third kappa shape index (κ3) is 6.19. The number of nitrogens with zero attached hydrogens (tertiary/aromatic N) is 1. The number of ether oxygens (including phenoxy) is 1. The van der Waals surface area contributed by atoms with Gasteiger partial charge >= 0.3 is 5.97 Å². The zero-order chi connectivity index (χ0) is 13.7. The van der Waals surface area contributed by atoms with Crippen LogP contribution >= 0.6 is 0 Å². The topological polar surface area (TPSA) is 46.6 Å². The van der Waals surface area contributed by atoms with Crippen molar-refractivity contribution < 1.29 is 14.3 Å². The molecule has 0 aromatic heterocycles. The van der Waals surface area contributed by atoms with Gasteiger partial charge in [-0.25, -0.2) is 0 Å². The standard InChI is InChI=1S/C15H25NO3/c1-2-19-15(18)8-7-14(17)11-16(9-12-3-4-12)10-13-5-6-13/h12-13H,2-11H2,1H3. The highest BCUT2D eigenvalue weighted by atomic mass is 16.5. The second-order valence-corrected chi connectivity index (χ2v) is 5.92. The van der Waals surface area contributed by atoms with Crippen LogP contribution < -0.4 is 0 Å². The van der Waals surface area contributed by atoms with E-state index in [0.29, 0.717) is 19.6 Å². The molecule has 0 amide bonds. The van der Waals surface area contributed by atoms with Crippen molar-refractivity contribution in [3.8, 4) is 0 Å². The van der Waals surface area contributed by atoms with Gasteiger partial charge in [0.1, 0.15) is 5.78 Å². The Labute approximate surface area is 115 Å². The molecule has 0 aliphatic heterocycles. The summed E-state index contributed by atoms with van der Waals surface area (Å²) in [5.41, 5.74) is 0. The van der Waals surface area contributed by atoms with Crippen molar-refractivity contribution in [2.75, 3.05) is 26.2 Å². The first-order chi connectivity index (χ1) is 9.17. The van der Waals surface area contributed by atoms with E-state index in [0.717, 1.165) is 24.9 Å². The summed E-state index contributed by atoms with van der Waals surface area (Å²) in [7, 11) is 0. The van der Waals surface area contributed by atoms with Gasteiger partial charge < -0.3 is 4.74 Å². The molecular formula is C15H25NO3. The fraction of sp³-hybridized carbons (Fsp3) is 0.867. The molecule has 0 N–H and O–H groups in total. The molecule has 0 unspecified atom stereocenters. The first kappa shape index (κ1) is 14.5. The Kier molecular flexibility index (Phi) is 5.37. The van der Waals surface area contributed by atoms with Crippen LogP contribution in [0.15, 0.2) is 0 Å². The van der Waals surface area contributed by atoms with Crippen molar-refractivity contribution in [2.24, 2.45) is 11.8 Å². The molecule has 2 aliphatic rings. The first-order valence-electron chi connectivity index (χ1n) is 7.57. The van der Waals surface area contributed by atoms with Crippen LogP contribution in [0.5, 0.6) is 0 Å².